The molecule has 0 radical (unpaired) electrons. The SMILES string of the molecule is CC(C)(Oc1ccc(Cl)cc1)C(=O)NN=Cc1cccc(Cl)c1. The predicted octanol–water partition coefficient (Wildman–Crippen LogP) is 4.30. The number of hydrogen-bond donors (Lipinski definition) is 1. The van der Waals surface area contributed by atoms with Gasteiger partial charge in [-0.25, -0.2) is 5.43 Å². The van der Waals surface area contributed by atoms with Crippen LogP contribution in [0, 0.1) is 0 Å². The van der Waals surface area contributed by atoms with Crippen LogP contribution in [0.1, 0.15) is 19.4 Å². The number of hydrogen-bond acceptors (Lipinski definition) is 3. The lowest BCUT2D eigenvalue weighted by atomic mass is 10.1. The Kier molecular flexibility index (Phi) is 5.64. The number of nitrogens with zero attached hydrogens (tertiary/aromatic N) is 1. The average Bonchev–Trinajstić information content (AvgIpc) is 2.49. The zero-order valence-corrected chi connectivity index (χ0v) is 14.2. The Morgan fingerprint density at radius 3 is 2.48 bits per heavy atom. The molecule has 2 aromatic rings. The normalized spacial score (nSPS) is 11.5. The van der Waals surface area contributed by atoms with Gasteiger partial charge in [0.25, 0.3) is 5.91 Å². The van der Waals surface area contributed by atoms with Crippen LogP contribution in [0.3, 0.4) is 0 Å². The summed E-state index contributed by atoms with van der Waals surface area (Å²) in [6, 6.07) is 13.9. The maximum atomic E-state index is 12.2. The van der Waals surface area contributed by atoms with Crippen LogP contribution in [-0.4, -0.2) is 17.7 Å². The molecule has 0 bridgehead atoms. The molecule has 2 rings (SSSR count). The number of halogens is 2. The second-order valence-electron chi connectivity index (χ2n) is 5.32. The number of nitrogens with one attached hydrogen (secondary N) is 1. The summed E-state index contributed by atoms with van der Waals surface area (Å²) in [5.41, 5.74) is 2.16. The van der Waals surface area contributed by atoms with E-state index in [-0.39, 0.29) is 5.91 Å². The van der Waals surface area contributed by atoms with Gasteiger partial charge in [-0.3, -0.25) is 4.79 Å². The lowest BCUT2D eigenvalue weighted by Crippen LogP contribution is -2.44. The van der Waals surface area contributed by atoms with Crippen molar-refractivity contribution >= 4 is 35.3 Å². The van der Waals surface area contributed by atoms with Gasteiger partial charge in [-0.15, -0.1) is 0 Å². The van der Waals surface area contributed by atoms with Gasteiger partial charge in [0.05, 0.1) is 6.21 Å². The maximum Gasteiger partial charge on any atom is 0.283 e. The second kappa shape index (κ2) is 7.49. The fourth-order valence-electron chi connectivity index (χ4n) is 1.73. The van der Waals surface area contributed by atoms with Gasteiger partial charge < -0.3 is 4.74 Å². The molecule has 0 aromatic heterocycles. The fourth-order valence-corrected chi connectivity index (χ4v) is 2.06. The van der Waals surface area contributed by atoms with Gasteiger partial charge in [-0.05, 0) is 55.8 Å². The Bertz CT molecular complexity index is 713. The second-order valence-corrected chi connectivity index (χ2v) is 6.19. The molecule has 0 aliphatic rings. The van der Waals surface area contributed by atoms with Crippen LogP contribution in [-0.2, 0) is 4.79 Å². The van der Waals surface area contributed by atoms with Crippen molar-refractivity contribution in [2.45, 2.75) is 19.4 Å². The monoisotopic (exact) mass is 350 g/mol. The van der Waals surface area contributed by atoms with Crippen molar-refractivity contribution in [3.8, 4) is 5.75 Å². The number of ether oxygens (including phenoxy) is 1. The molecule has 2 aromatic carbocycles. The minimum atomic E-state index is -1.08. The summed E-state index contributed by atoms with van der Waals surface area (Å²) < 4.78 is 5.67. The summed E-state index contributed by atoms with van der Waals surface area (Å²) in [4.78, 5) is 12.2. The van der Waals surface area contributed by atoms with Crippen molar-refractivity contribution in [3.63, 3.8) is 0 Å². The first-order valence-electron chi connectivity index (χ1n) is 6.90. The number of carbonyl (C=O) groups is 1. The smallest absolute Gasteiger partial charge is 0.283 e. The van der Waals surface area contributed by atoms with Crippen LogP contribution in [0.4, 0.5) is 0 Å². The van der Waals surface area contributed by atoms with Gasteiger partial charge in [-0.2, -0.15) is 5.10 Å². The Labute approximate surface area is 145 Å². The van der Waals surface area contributed by atoms with E-state index in [9.17, 15) is 4.79 Å². The highest BCUT2D eigenvalue weighted by Crippen LogP contribution is 2.21. The van der Waals surface area contributed by atoms with Gasteiger partial charge in [0.15, 0.2) is 5.60 Å². The zero-order chi connectivity index (χ0) is 16.9. The molecule has 0 aliphatic carbocycles. The third kappa shape index (κ3) is 5.27. The van der Waals surface area contributed by atoms with Gasteiger partial charge >= 0.3 is 0 Å². The summed E-state index contributed by atoms with van der Waals surface area (Å²) in [5, 5.41) is 5.13. The molecule has 0 atom stereocenters. The summed E-state index contributed by atoms with van der Waals surface area (Å²) in [5.74, 6) is 0.180. The van der Waals surface area contributed by atoms with Crippen LogP contribution in [0.25, 0.3) is 0 Å². The topological polar surface area (TPSA) is 50.7 Å². The molecule has 6 heteroatoms. The zero-order valence-electron chi connectivity index (χ0n) is 12.7. The minimum Gasteiger partial charge on any atom is -0.478 e. The molecule has 0 spiro atoms. The van der Waals surface area contributed by atoms with E-state index in [0.29, 0.717) is 15.8 Å². The molecule has 0 unspecified atom stereocenters. The lowest BCUT2D eigenvalue weighted by Gasteiger charge is -2.24. The molecule has 1 amide bonds. The minimum absolute atomic E-state index is 0.370. The van der Waals surface area contributed by atoms with Crippen LogP contribution in [0.2, 0.25) is 10.0 Å². The summed E-state index contributed by atoms with van der Waals surface area (Å²) in [6.45, 7) is 3.32. The first-order valence-corrected chi connectivity index (χ1v) is 7.66. The highest BCUT2D eigenvalue weighted by atomic mass is 35.5. The standard InChI is InChI=1S/C17H16Cl2N2O2/c1-17(2,23-15-8-6-13(18)7-9-15)16(22)21-20-11-12-4-3-5-14(19)10-12/h3-11H,1-2H3,(H,21,22). The van der Waals surface area contributed by atoms with Gasteiger partial charge in [-0.1, -0.05) is 35.3 Å². The van der Waals surface area contributed by atoms with Crippen molar-refractivity contribution in [1.29, 1.82) is 0 Å². The highest BCUT2D eigenvalue weighted by Gasteiger charge is 2.29. The maximum absolute atomic E-state index is 12.2. The fraction of sp³-hybridized carbons (Fsp3) is 0.176. The highest BCUT2D eigenvalue weighted by molar-refractivity contribution is 6.31. The molecule has 0 aliphatic heterocycles. The molecule has 0 saturated carbocycles. The number of rotatable bonds is 5. The average molecular weight is 351 g/mol. The number of amides is 1. The van der Waals surface area contributed by atoms with Crippen molar-refractivity contribution in [3.05, 3.63) is 64.1 Å². The van der Waals surface area contributed by atoms with E-state index < -0.39 is 5.60 Å². The van der Waals surface area contributed by atoms with Crippen LogP contribution in [0.5, 0.6) is 5.75 Å². The van der Waals surface area contributed by atoms with E-state index >= 15 is 0 Å². The molecule has 0 fully saturated rings. The largest absolute Gasteiger partial charge is 0.478 e. The Hall–Kier alpha value is -2.04. The van der Waals surface area contributed by atoms with Crippen LogP contribution >= 0.6 is 23.2 Å². The van der Waals surface area contributed by atoms with Crippen molar-refractivity contribution < 1.29 is 9.53 Å². The summed E-state index contributed by atoms with van der Waals surface area (Å²) >= 11 is 11.7. The third-order valence-electron chi connectivity index (χ3n) is 2.96. The Morgan fingerprint density at radius 2 is 1.83 bits per heavy atom. The van der Waals surface area contributed by atoms with E-state index in [0.717, 1.165) is 5.56 Å². The van der Waals surface area contributed by atoms with Gasteiger partial charge in [0.2, 0.25) is 0 Å². The van der Waals surface area contributed by atoms with Crippen molar-refractivity contribution in [2.75, 3.05) is 0 Å². The van der Waals surface area contributed by atoms with Gasteiger partial charge in [0, 0.05) is 10.0 Å². The molecule has 0 heterocycles. The number of carbonyl (C=O) groups excluding carboxylic acids is 1. The molecule has 0 saturated heterocycles. The Balaban J connectivity index is 1.96. The molecule has 1 N–H and O–H groups in total. The van der Waals surface area contributed by atoms with E-state index in [2.05, 4.69) is 10.5 Å². The molecule has 23 heavy (non-hydrogen) atoms. The van der Waals surface area contributed by atoms with Crippen LogP contribution in [0.15, 0.2) is 53.6 Å². The van der Waals surface area contributed by atoms with Crippen LogP contribution < -0.4 is 10.2 Å². The number of hydrazone groups is 1. The van der Waals surface area contributed by atoms with Crippen molar-refractivity contribution in [2.24, 2.45) is 5.10 Å². The van der Waals surface area contributed by atoms with Crippen molar-refractivity contribution in [1.82, 2.24) is 5.43 Å². The molecular weight excluding hydrogens is 335 g/mol. The van der Waals surface area contributed by atoms with Gasteiger partial charge in [0.1, 0.15) is 5.75 Å². The van der Waals surface area contributed by atoms with E-state index in [1.807, 2.05) is 6.07 Å². The molecular formula is C17H16Cl2N2O2. The first-order chi connectivity index (χ1) is 10.9. The van der Waals surface area contributed by atoms with E-state index in [1.165, 1.54) is 6.21 Å². The first kappa shape index (κ1) is 17.3. The van der Waals surface area contributed by atoms with E-state index in [4.69, 9.17) is 27.9 Å². The molecule has 120 valence electrons. The predicted molar refractivity (Wildman–Crippen MR) is 93.3 cm³/mol. The summed E-state index contributed by atoms with van der Waals surface area (Å²) in [6.07, 6.45) is 1.52. The third-order valence-corrected chi connectivity index (χ3v) is 3.45. The van der Waals surface area contributed by atoms with E-state index in [1.54, 1.807) is 56.3 Å². The Morgan fingerprint density at radius 1 is 1.13 bits per heavy atom. The number of benzene rings is 2. The summed E-state index contributed by atoms with van der Waals surface area (Å²) in [7, 11) is 0. The molecule has 4 nitrogen and oxygen atoms in total. The quantitative estimate of drug-likeness (QED) is 0.645. The lowest BCUT2D eigenvalue weighted by molar-refractivity contribution is -0.134.